The molecule has 0 unspecified atom stereocenters. The molecule has 24 heavy (non-hydrogen) atoms. The van der Waals surface area contributed by atoms with E-state index in [1.165, 1.54) is 12.8 Å². The largest absolute Gasteiger partial charge is 0.504 e. The van der Waals surface area contributed by atoms with Crippen LogP contribution in [0.15, 0.2) is 18.2 Å². The number of ether oxygens (including phenoxy) is 2. The van der Waals surface area contributed by atoms with Crippen LogP contribution in [0.3, 0.4) is 0 Å². The highest BCUT2D eigenvalue weighted by atomic mass is 16.5. The molecule has 0 aromatic heterocycles. The van der Waals surface area contributed by atoms with E-state index in [1.807, 2.05) is 40.9 Å². The van der Waals surface area contributed by atoms with Crippen molar-refractivity contribution < 1.29 is 14.6 Å². The second kappa shape index (κ2) is 12.2. The molecule has 1 aromatic rings. The summed E-state index contributed by atoms with van der Waals surface area (Å²) in [5, 5.41) is 9.85. The molecule has 0 radical (unpaired) electrons. The van der Waals surface area contributed by atoms with Crippen LogP contribution in [0.4, 0.5) is 0 Å². The van der Waals surface area contributed by atoms with Gasteiger partial charge in [0.25, 0.3) is 0 Å². The maximum atomic E-state index is 9.85. The lowest BCUT2D eigenvalue weighted by atomic mass is 10.1. The molecule has 0 atom stereocenters. The smallest absolute Gasteiger partial charge is 0.161 e. The van der Waals surface area contributed by atoms with Gasteiger partial charge in [-0.3, -0.25) is 0 Å². The molecule has 1 aromatic carbocycles. The molecule has 0 heterocycles. The molecule has 0 bridgehead atoms. The minimum Gasteiger partial charge on any atom is -0.504 e. The van der Waals surface area contributed by atoms with E-state index in [0.29, 0.717) is 19.0 Å². The highest BCUT2D eigenvalue weighted by Crippen LogP contribution is 2.29. The number of hydrogen-bond acceptors (Lipinski definition) is 4. The quantitative estimate of drug-likeness (QED) is 0.666. The lowest BCUT2D eigenvalue weighted by molar-refractivity contribution is -0.00617. The van der Waals surface area contributed by atoms with Gasteiger partial charge in [-0.05, 0) is 65.5 Å². The van der Waals surface area contributed by atoms with Crippen LogP contribution < -0.4 is 4.74 Å². The van der Waals surface area contributed by atoms with Gasteiger partial charge in [-0.25, -0.2) is 0 Å². The molecule has 140 valence electrons. The summed E-state index contributed by atoms with van der Waals surface area (Å²) in [7, 11) is 4.10. The van der Waals surface area contributed by atoms with Crippen LogP contribution >= 0.6 is 0 Å². The van der Waals surface area contributed by atoms with Crippen LogP contribution in [0.2, 0.25) is 0 Å². The first-order valence-electron chi connectivity index (χ1n) is 8.93. The zero-order valence-corrected chi connectivity index (χ0v) is 16.7. The van der Waals surface area contributed by atoms with E-state index >= 15 is 0 Å². The standard InChI is InChI=1S/C16H27NO3.C4H10/c1-13-7-8-15(14(18)11-13)20-16(2,3)12-19-10-6-9-17(4)5;1-3-4-2/h7-8,11,18H,6,9-10,12H2,1-5H3;3-4H2,1-2H3. The average molecular weight is 340 g/mol. The van der Waals surface area contributed by atoms with Gasteiger partial charge in [0, 0.05) is 6.61 Å². The first kappa shape index (κ1) is 22.7. The van der Waals surface area contributed by atoms with Crippen LogP contribution in [-0.2, 0) is 4.74 Å². The second-order valence-electron chi connectivity index (χ2n) is 7.04. The number of unbranched alkanes of at least 4 members (excludes halogenated alkanes) is 1. The Balaban J connectivity index is 0.00000118. The molecular weight excluding hydrogens is 302 g/mol. The van der Waals surface area contributed by atoms with Crippen molar-refractivity contribution in [3.63, 3.8) is 0 Å². The van der Waals surface area contributed by atoms with Crippen molar-refractivity contribution in [1.82, 2.24) is 4.90 Å². The molecule has 0 saturated carbocycles. The predicted molar refractivity (Wildman–Crippen MR) is 102 cm³/mol. The van der Waals surface area contributed by atoms with Crippen molar-refractivity contribution in [3.8, 4) is 11.5 Å². The SMILES string of the molecule is CCCC.Cc1ccc(OC(C)(C)COCCCN(C)C)c(O)c1. The molecule has 0 saturated heterocycles. The molecule has 0 spiro atoms. The van der Waals surface area contributed by atoms with Crippen molar-refractivity contribution in [1.29, 1.82) is 0 Å². The molecule has 0 aliphatic carbocycles. The number of aromatic hydroxyl groups is 1. The minimum absolute atomic E-state index is 0.172. The van der Waals surface area contributed by atoms with Crippen LogP contribution in [-0.4, -0.2) is 49.5 Å². The average Bonchev–Trinajstić information content (AvgIpc) is 2.49. The lowest BCUT2D eigenvalue weighted by Crippen LogP contribution is -2.34. The van der Waals surface area contributed by atoms with Crippen LogP contribution in [0.1, 0.15) is 52.5 Å². The number of hydrogen-bond donors (Lipinski definition) is 1. The Hall–Kier alpha value is -1.26. The Morgan fingerprint density at radius 3 is 2.25 bits per heavy atom. The van der Waals surface area contributed by atoms with E-state index in [0.717, 1.165) is 18.5 Å². The van der Waals surface area contributed by atoms with E-state index in [1.54, 1.807) is 12.1 Å². The topological polar surface area (TPSA) is 41.9 Å². The van der Waals surface area contributed by atoms with Gasteiger partial charge >= 0.3 is 0 Å². The van der Waals surface area contributed by atoms with Crippen LogP contribution in [0.25, 0.3) is 0 Å². The molecule has 0 aliphatic rings. The van der Waals surface area contributed by atoms with Crippen molar-refractivity contribution >= 4 is 0 Å². The maximum absolute atomic E-state index is 9.85. The third-order valence-electron chi connectivity index (χ3n) is 3.34. The zero-order valence-electron chi connectivity index (χ0n) is 16.7. The number of rotatable bonds is 9. The Bertz CT molecular complexity index is 443. The zero-order chi connectivity index (χ0) is 18.6. The van der Waals surface area contributed by atoms with Crippen molar-refractivity contribution in [2.24, 2.45) is 0 Å². The summed E-state index contributed by atoms with van der Waals surface area (Å²) in [6, 6.07) is 5.41. The maximum Gasteiger partial charge on any atom is 0.161 e. The normalized spacial score (nSPS) is 11.2. The fraction of sp³-hybridized carbons (Fsp3) is 0.700. The predicted octanol–water partition coefficient (Wildman–Crippen LogP) is 4.63. The molecule has 0 amide bonds. The van der Waals surface area contributed by atoms with Gasteiger partial charge in [-0.2, -0.15) is 0 Å². The lowest BCUT2D eigenvalue weighted by Gasteiger charge is -2.27. The second-order valence-corrected chi connectivity index (χ2v) is 7.04. The van der Waals surface area contributed by atoms with Gasteiger partial charge < -0.3 is 19.5 Å². The summed E-state index contributed by atoms with van der Waals surface area (Å²) in [6.07, 6.45) is 3.64. The van der Waals surface area contributed by atoms with E-state index in [9.17, 15) is 5.11 Å². The molecule has 4 heteroatoms. The van der Waals surface area contributed by atoms with Crippen LogP contribution in [0.5, 0.6) is 11.5 Å². The van der Waals surface area contributed by atoms with Gasteiger partial charge in [0.15, 0.2) is 11.5 Å². The fourth-order valence-electron chi connectivity index (χ4n) is 1.84. The molecule has 0 fully saturated rings. The Morgan fingerprint density at radius 1 is 1.12 bits per heavy atom. The molecular formula is C20H37NO3. The van der Waals surface area contributed by atoms with Gasteiger partial charge in [0.2, 0.25) is 0 Å². The summed E-state index contributed by atoms with van der Waals surface area (Å²) in [5.41, 5.74) is 0.540. The van der Waals surface area contributed by atoms with E-state index < -0.39 is 5.60 Å². The summed E-state index contributed by atoms with van der Waals surface area (Å²) < 4.78 is 11.5. The van der Waals surface area contributed by atoms with Gasteiger partial charge in [0.05, 0.1) is 6.61 Å². The summed E-state index contributed by atoms with van der Waals surface area (Å²) >= 11 is 0. The molecule has 1 rings (SSSR count). The number of benzene rings is 1. The van der Waals surface area contributed by atoms with Crippen molar-refractivity contribution in [2.75, 3.05) is 33.9 Å². The monoisotopic (exact) mass is 339 g/mol. The number of phenolic OH excluding ortho intramolecular Hbond substituents is 1. The molecule has 1 N–H and O–H groups in total. The van der Waals surface area contributed by atoms with Gasteiger partial charge in [0.1, 0.15) is 5.60 Å². The van der Waals surface area contributed by atoms with Crippen molar-refractivity contribution in [3.05, 3.63) is 23.8 Å². The fourth-order valence-corrected chi connectivity index (χ4v) is 1.84. The first-order chi connectivity index (χ1) is 11.2. The van der Waals surface area contributed by atoms with Crippen molar-refractivity contribution in [2.45, 2.75) is 59.5 Å². The van der Waals surface area contributed by atoms with E-state index in [-0.39, 0.29) is 5.75 Å². The van der Waals surface area contributed by atoms with E-state index in [2.05, 4.69) is 18.7 Å². The summed E-state index contributed by atoms with van der Waals surface area (Å²) in [6.45, 7) is 12.4. The number of phenols is 1. The third-order valence-corrected chi connectivity index (χ3v) is 3.34. The van der Waals surface area contributed by atoms with E-state index in [4.69, 9.17) is 9.47 Å². The van der Waals surface area contributed by atoms with Gasteiger partial charge in [-0.15, -0.1) is 0 Å². The Labute approximate surface area is 148 Å². The number of nitrogens with zero attached hydrogens (tertiary/aromatic N) is 1. The summed E-state index contributed by atoms with van der Waals surface area (Å²) in [4.78, 5) is 2.13. The highest BCUT2D eigenvalue weighted by molar-refractivity contribution is 5.41. The van der Waals surface area contributed by atoms with Gasteiger partial charge in [-0.1, -0.05) is 32.8 Å². The molecule has 4 nitrogen and oxygen atoms in total. The minimum atomic E-state index is -0.467. The van der Waals surface area contributed by atoms with Crippen LogP contribution in [0, 0.1) is 6.92 Å². The Morgan fingerprint density at radius 2 is 1.75 bits per heavy atom. The molecule has 0 aliphatic heterocycles. The highest BCUT2D eigenvalue weighted by Gasteiger charge is 2.21. The Kier molecular flexibility index (Phi) is 11.5. The third kappa shape index (κ3) is 11.3. The first-order valence-corrected chi connectivity index (χ1v) is 8.93. The number of aryl methyl sites for hydroxylation is 1. The summed E-state index contributed by atoms with van der Waals surface area (Å²) in [5.74, 6) is 0.670.